The Hall–Kier alpha value is -0.790. The van der Waals surface area contributed by atoms with Crippen LogP contribution in [0.1, 0.15) is 97.3 Å². The van der Waals surface area contributed by atoms with Crippen molar-refractivity contribution in [2.24, 2.45) is 5.92 Å². The lowest BCUT2D eigenvalue weighted by Gasteiger charge is -2.10. The molecule has 0 bridgehead atoms. The fourth-order valence-electron chi connectivity index (χ4n) is 2.71. The number of carboxylic acids is 1. The molecular weight excluding hydrogens is 260 g/mol. The molecule has 0 amide bonds. The Labute approximate surface area is 132 Å². The Bertz CT molecular complexity index is 258. The van der Waals surface area contributed by atoms with Crippen molar-refractivity contribution in [3.8, 4) is 0 Å². The molecule has 0 aromatic rings. The van der Waals surface area contributed by atoms with Crippen LogP contribution >= 0.6 is 0 Å². The third kappa shape index (κ3) is 17.2. The highest BCUT2D eigenvalue weighted by Gasteiger charge is 2.01. The van der Waals surface area contributed by atoms with Gasteiger partial charge in [0.05, 0.1) is 0 Å². The molecule has 0 heterocycles. The van der Waals surface area contributed by atoms with Crippen LogP contribution in [-0.2, 0) is 4.79 Å². The molecule has 21 heavy (non-hydrogen) atoms. The van der Waals surface area contributed by atoms with E-state index in [1.807, 2.05) is 0 Å². The van der Waals surface area contributed by atoms with E-state index in [4.69, 9.17) is 5.11 Å². The standard InChI is InChI=1S/C19H36O2/c1-3-4-5-6-7-9-12-15-18(2)16-13-10-8-11-14-17-19(20)21/h14,17-18H,3-13,15-16H2,1-2H3,(H,20,21). The first-order valence-corrected chi connectivity index (χ1v) is 9.06. The van der Waals surface area contributed by atoms with Gasteiger partial charge < -0.3 is 5.11 Å². The molecule has 0 aromatic heterocycles. The van der Waals surface area contributed by atoms with Gasteiger partial charge in [-0.3, -0.25) is 0 Å². The van der Waals surface area contributed by atoms with E-state index < -0.39 is 5.97 Å². The van der Waals surface area contributed by atoms with Crippen molar-refractivity contribution in [1.29, 1.82) is 0 Å². The van der Waals surface area contributed by atoms with Gasteiger partial charge in [0.1, 0.15) is 0 Å². The second-order valence-electron chi connectivity index (χ2n) is 6.39. The Morgan fingerprint density at radius 1 is 0.905 bits per heavy atom. The number of hydrogen-bond acceptors (Lipinski definition) is 1. The van der Waals surface area contributed by atoms with Crippen LogP contribution in [0.4, 0.5) is 0 Å². The first-order chi connectivity index (χ1) is 10.2. The van der Waals surface area contributed by atoms with Crippen LogP contribution in [0.25, 0.3) is 0 Å². The van der Waals surface area contributed by atoms with Gasteiger partial charge in [0.15, 0.2) is 0 Å². The number of aliphatic carboxylic acids is 1. The van der Waals surface area contributed by atoms with Gasteiger partial charge in [-0.15, -0.1) is 0 Å². The zero-order valence-electron chi connectivity index (χ0n) is 14.3. The molecule has 0 spiro atoms. The molecule has 0 aliphatic heterocycles. The summed E-state index contributed by atoms with van der Waals surface area (Å²) < 4.78 is 0. The first kappa shape index (κ1) is 20.2. The molecule has 0 radical (unpaired) electrons. The van der Waals surface area contributed by atoms with E-state index in [0.29, 0.717) is 0 Å². The molecule has 0 rings (SSSR count). The lowest BCUT2D eigenvalue weighted by molar-refractivity contribution is -0.131. The van der Waals surface area contributed by atoms with Crippen molar-refractivity contribution < 1.29 is 9.90 Å². The summed E-state index contributed by atoms with van der Waals surface area (Å²) in [5.41, 5.74) is 0. The van der Waals surface area contributed by atoms with E-state index >= 15 is 0 Å². The highest BCUT2D eigenvalue weighted by atomic mass is 16.4. The molecule has 0 aliphatic rings. The Morgan fingerprint density at radius 3 is 2.00 bits per heavy atom. The first-order valence-electron chi connectivity index (χ1n) is 9.06. The molecule has 2 nitrogen and oxygen atoms in total. The van der Waals surface area contributed by atoms with E-state index in [2.05, 4.69) is 13.8 Å². The second kappa shape index (κ2) is 15.6. The van der Waals surface area contributed by atoms with Crippen molar-refractivity contribution in [3.63, 3.8) is 0 Å². The predicted octanol–water partition coefficient (Wildman–Crippen LogP) is 6.35. The molecule has 2 heteroatoms. The quantitative estimate of drug-likeness (QED) is 0.282. The van der Waals surface area contributed by atoms with Gasteiger partial charge in [0.2, 0.25) is 0 Å². The molecule has 0 saturated heterocycles. The van der Waals surface area contributed by atoms with Gasteiger partial charge in [0, 0.05) is 6.08 Å². The van der Waals surface area contributed by atoms with Crippen LogP contribution in [0.3, 0.4) is 0 Å². The highest BCUT2D eigenvalue weighted by Crippen LogP contribution is 2.18. The topological polar surface area (TPSA) is 37.3 Å². The number of rotatable bonds is 15. The monoisotopic (exact) mass is 296 g/mol. The third-order valence-corrected chi connectivity index (χ3v) is 4.13. The summed E-state index contributed by atoms with van der Waals surface area (Å²) in [6.45, 7) is 4.64. The lowest BCUT2D eigenvalue weighted by Crippen LogP contribution is -1.95. The summed E-state index contributed by atoms with van der Waals surface area (Å²) in [6, 6.07) is 0. The van der Waals surface area contributed by atoms with Gasteiger partial charge in [-0.05, 0) is 18.8 Å². The van der Waals surface area contributed by atoms with Gasteiger partial charge in [-0.25, -0.2) is 4.79 Å². The van der Waals surface area contributed by atoms with Crippen LogP contribution in [-0.4, -0.2) is 11.1 Å². The van der Waals surface area contributed by atoms with E-state index in [-0.39, 0.29) is 0 Å². The Morgan fingerprint density at radius 2 is 1.43 bits per heavy atom. The minimum atomic E-state index is -0.835. The van der Waals surface area contributed by atoms with Crippen LogP contribution in [0.5, 0.6) is 0 Å². The number of allylic oxidation sites excluding steroid dienone is 1. The summed E-state index contributed by atoms with van der Waals surface area (Å²) >= 11 is 0. The molecule has 0 saturated carbocycles. The Balaban J connectivity index is 3.23. The summed E-state index contributed by atoms with van der Waals surface area (Å²) in [4.78, 5) is 10.3. The number of hydrogen-bond donors (Lipinski definition) is 1. The highest BCUT2D eigenvalue weighted by molar-refractivity contribution is 5.79. The van der Waals surface area contributed by atoms with Gasteiger partial charge >= 0.3 is 5.97 Å². The number of unbranched alkanes of at least 4 members (excludes halogenated alkanes) is 9. The SMILES string of the molecule is CCCCCCCCCC(C)CCCCCC=CC(=O)O. The molecular formula is C19H36O2. The molecule has 1 atom stereocenters. The molecule has 124 valence electrons. The fourth-order valence-corrected chi connectivity index (χ4v) is 2.71. The van der Waals surface area contributed by atoms with Gasteiger partial charge in [-0.1, -0.05) is 90.6 Å². The number of carboxylic acid groups (broad SMARTS) is 1. The van der Waals surface area contributed by atoms with E-state index in [1.54, 1.807) is 6.08 Å². The average molecular weight is 296 g/mol. The summed E-state index contributed by atoms with van der Waals surface area (Å²) in [6.07, 6.45) is 20.1. The minimum Gasteiger partial charge on any atom is -0.478 e. The summed E-state index contributed by atoms with van der Waals surface area (Å²) in [5.74, 6) is 0.0218. The zero-order valence-corrected chi connectivity index (χ0v) is 14.3. The molecule has 1 N–H and O–H groups in total. The maximum atomic E-state index is 10.3. The fraction of sp³-hybridized carbons (Fsp3) is 0.842. The van der Waals surface area contributed by atoms with Crippen molar-refractivity contribution in [2.75, 3.05) is 0 Å². The molecule has 0 aromatic carbocycles. The van der Waals surface area contributed by atoms with Crippen LogP contribution in [0.15, 0.2) is 12.2 Å². The van der Waals surface area contributed by atoms with Crippen LogP contribution < -0.4 is 0 Å². The number of carbonyl (C=O) groups is 1. The average Bonchev–Trinajstić information content (AvgIpc) is 2.45. The predicted molar refractivity (Wildman–Crippen MR) is 91.6 cm³/mol. The van der Waals surface area contributed by atoms with Crippen molar-refractivity contribution in [1.82, 2.24) is 0 Å². The Kier molecular flexibility index (Phi) is 15.0. The molecule has 1 unspecified atom stereocenters. The maximum absolute atomic E-state index is 10.3. The van der Waals surface area contributed by atoms with Gasteiger partial charge in [0.25, 0.3) is 0 Å². The van der Waals surface area contributed by atoms with Gasteiger partial charge in [-0.2, -0.15) is 0 Å². The van der Waals surface area contributed by atoms with Crippen molar-refractivity contribution in [3.05, 3.63) is 12.2 Å². The smallest absolute Gasteiger partial charge is 0.327 e. The summed E-state index contributed by atoms with van der Waals surface area (Å²) in [5, 5.41) is 8.47. The van der Waals surface area contributed by atoms with E-state index in [1.165, 1.54) is 76.7 Å². The van der Waals surface area contributed by atoms with E-state index in [0.717, 1.165) is 18.8 Å². The minimum absolute atomic E-state index is 0.835. The van der Waals surface area contributed by atoms with Crippen LogP contribution in [0.2, 0.25) is 0 Å². The van der Waals surface area contributed by atoms with Crippen LogP contribution in [0, 0.1) is 5.92 Å². The van der Waals surface area contributed by atoms with Crippen molar-refractivity contribution in [2.45, 2.75) is 97.3 Å². The third-order valence-electron chi connectivity index (χ3n) is 4.13. The zero-order chi connectivity index (χ0) is 15.8. The van der Waals surface area contributed by atoms with E-state index in [9.17, 15) is 4.79 Å². The van der Waals surface area contributed by atoms with Crippen molar-refractivity contribution >= 4 is 5.97 Å². The summed E-state index contributed by atoms with van der Waals surface area (Å²) in [7, 11) is 0. The molecule has 0 aliphatic carbocycles. The normalized spacial score (nSPS) is 12.9. The maximum Gasteiger partial charge on any atom is 0.327 e. The largest absolute Gasteiger partial charge is 0.478 e. The second-order valence-corrected chi connectivity index (χ2v) is 6.39. The molecule has 0 fully saturated rings. The lowest BCUT2D eigenvalue weighted by atomic mass is 9.96.